The van der Waals surface area contributed by atoms with Crippen molar-refractivity contribution in [1.82, 2.24) is 0 Å². The molecular weight excluding hydrogens is 381 g/mol. The van der Waals surface area contributed by atoms with Gasteiger partial charge >= 0.3 is 0 Å². The smallest absolute Gasteiger partial charge is 0.228 e. The van der Waals surface area contributed by atoms with Gasteiger partial charge in [-0.1, -0.05) is 36.8 Å². The Morgan fingerprint density at radius 3 is 2.54 bits per heavy atom. The van der Waals surface area contributed by atoms with Gasteiger partial charge in [0.2, 0.25) is 11.8 Å². The van der Waals surface area contributed by atoms with Gasteiger partial charge in [0.05, 0.1) is 12.1 Å². The molecule has 2 atom stereocenters. The van der Waals surface area contributed by atoms with Gasteiger partial charge in [0.1, 0.15) is 5.82 Å². The van der Waals surface area contributed by atoms with Gasteiger partial charge in [-0.05, 0) is 49.1 Å². The number of rotatable bonds is 6. The first-order valence-corrected chi connectivity index (χ1v) is 9.21. The van der Waals surface area contributed by atoms with E-state index in [1.807, 2.05) is 30.3 Å². The monoisotopic (exact) mass is 405 g/mol. The molecule has 150 valence electrons. The molecule has 1 aliphatic rings. The summed E-state index contributed by atoms with van der Waals surface area (Å²) in [6.45, 7) is 0.488. The van der Waals surface area contributed by atoms with Gasteiger partial charge < -0.3 is 16.4 Å². The standard InChI is InChI=1S/C21H24FN3O2.ClH/c22-18-10-9-16(24-21(27)17-8-4-7-15(17)13-23)12-19(18)25-20(26)11-14-5-2-1-3-6-14;/h1-3,5-6,9-10,12,15,17H,4,7-8,11,13,23H2,(H,24,27)(H,25,26);1H/t15-,17-;/m1./s1. The molecule has 1 aliphatic carbocycles. The van der Waals surface area contributed by atoms with Crippen LogP contribution in [-0.4, -0.2) is 18.4 Å². The lowest BCUT2D eigenvalue weighted by Crippen LogP contribution is -2.29. The van der Waals surface area contributed by atoms with Crippen LogP contribution in [0.2, 0.25) is 0 Å². The largest absolute Gasteiger partial charge is 0.330 e. The van der Waals surface area contributed by atoms with Crippen molar-refractivity contribution in [2.45, 2.75) is 25.7 Å². The first-order chi connectivity index (χ1) is 13.1. The number of halogens is 2. The highest BCUT2D eigenvalue weighted by Crippen LogP contribution is 2.32. The fourth-order valence-corrected chi connectivity index (χ4v) is 3.57. The number of benzene rings is 2. The molecular formula is C21H25ClFN3O2. The average molecular weight is 406 g/mol. The molecule has 1 saturated carbocycles. The molecule has 3 rings (SSSR count). The number of carbonyl (C=O) groups excluding carboxylic acids is 2. The number of hydrogen-bond donors (Lipinski definition) is 3. The lowest BCUT2D eigenvalue weighted by atomic mass is 9.95. The Hall–Kier alpha value is -2.44. The van der Waals surface area contributed by atoms with Gasteiger partial charge in [0.15, 0.2) is 0 Å². The van der Waals surface area contributed by atoms with E-state index in [0.717, 1.165) is 24.8 Å². The highest BCUT2D eigenvalue weighted by atomic mass is 35.5. The van der Waals surface area contributed by atoms with Crippen molar-refractivity contribution < 1.29 is 14.0 Å². The summed E-state index contributed by atoms with van der Waals surface area (Å²) >= 11 is 0. The van der Waals surface area contributed by atoms with Crippen LogP contribution >= 0.6 is 12.4 Å². The summed E-state index contributed by atoms with van der Waals surface area (Å²) in [5.41, 5.74) is 7.09. The maximum atomic E-state index is 14.1. The average Bonchev–Trinajstić information content (AvgIpc) is 3.14. The van der Waals surface area contributed by atoms with Crippen LogP contribution in [0.25, 0.3) is 0 Å². The Labute approximate surface area is 170 Å². The van der Waals surface area contributed by atoms with Crippen molar-refractivity contribution in [3.05, 3.63) is 59.9 Å². The lowest BCUT2D eigenvalue weighted by molar-refractivity contribution is -0.120. The summed E-state index contributed by atoms with van der Waals surface area (Å²) in [5.74, 6) is -0.888. The Morgan fingerprint density at radius 2 is 1.82 bits per heavy atom. The van der Waals surface area contributed by atoms with Gasteiger partial charge in [0.25, 0.3) is 0 Å². The minimum absolute atomic E-state index is 0. The fraction of sp³-hybridized carbons (Fsp3) is 0.333. The summed E-state index contributed by atoms with van der Waals surface area (Å²) in [5, 5.41) is 5.40. The third-order valence-corrected chi connectivity index (χ3v) is 5.01. The molecule has 2 aromatic rings. The van der Waals surface area contributed by atoms with E-state index in [1.165, 1.54) is 18.2 Å². The van der Waals surface area contributed by atoms with Gasteiger partial charge in [-0.2, -0.15) is 0 Å². The van der Waals surface area contributed by atoms with Crippen LogP contribution < -0.4 is 16.4 Å². The zero-order valence-electron chi connectivity index (χ0n) is 15.5. The number of amides is 2. The molecule has 5 nitrogen and oxygen atoms in total. The third-order valence-electron chi connectivity index (χ3n) is 5.01. The van der Waals surface area contributed by atoms with Crippen LogP contribution in [0.15, 0.2) is 48.5 Å². The van der Waals surface area contributed by atoms with Crippen molar-refractivity contribution in [3.63, 3.8) is 0 Å². The van der Waals surface area contributed by atoms with E-state index in [2.05, 4.69) is 10.6 Å². The van der Waals surface area contributed by atoms with E-state index in [4.69, 9.17) is 5.73 Å². The van der Waals surface area contributed by atoms with E-state index in [1.54, 1.807) is 0 Å². The molecule has 0 unspecified atom stereocenters. The van der Waals surface area contributed by atoms with Crippen LogP contribution in [0.1, 0.15) is 24.8 Å². The fourth-order valence-electron chi connectivity index (χ4n) is 3.57. The van der Waals surface area contributed by atoms with Crippen LogP contribution in [0, 0.1) is 17.7 Å². The zero-order chi connectivity index (χ0) is 19.2. The molecule has 1 fully saturated rings. The molecule has 0 aromatic heterocycles. The second-order valence-corrected chi connectivity index (χ2v) is 6.93. The zero-order valence-corrected chi connectivity index (χ0v) is 16.3. The van der Waals surface area contributed by atoms with Crippen LogP contribution in [0.3, 0.4) is 0 Å². The van der Waals surface area contributed by atoms with Crippen molar-refractivity contribution in [2.75, 3.05) is 17.2 Å². The lowest BCUT2D eigenvalue weighted by Gasteiger charge is -2.18. The number of anilines is 2. The van der Waals surface area contributed by atoms with E-state index < -0.39 is 5.82 Å². The van der Waals surface area contributed by atoms with Gasteiger partial charge in [-0.3, -0.25) is 9.59 Å². The molecule has 4 N–H and O–H groups in total. The molecule has 2 amide bonds. The first kappa shape index (κ1) is 21.9. The summed E-state index contributed by atoms with van der Waals surface area (Å²) in [4.78, 5) is 24.7. The quantitative estimate of drug-likeness (QED) is 0.684. The second kappa shape index (κ2) is 10.2. The molecule has 2 aromatic carbocycles. The van der Waals surface area contributed by atoms with Crippen molar-refractivity contribution in [3.8, 4) is 0 Å². The number of carbonyl (C=O) groups is 2. The minimum atomic E-state index is -0.546. The molecule has 0 aliphatic heterocycles. The normalized spacial score (nSPS) is 18.2. The highest BCUT2D eigenvalue weighted by Gasteiger charge is 2.31. The molecule has 0 saturated heterocycles. The molecule has 0 bridgehead atoms. The Balaban J connectivity index is 0.00000280. The summed E-state index contributed by atoms with van der Waals surface area (Å²) in [6.07, 6.45) is 2.91. The summed E-state index contributed by atoms with van der Waals surface area (Å²) in [7, 11) is 0. The van der Waals surface area contributed by atoms with Gasteiger partial charge in [-0.25, -0.2) is 4.39 Å². The van der Waals surface area contributed by atoms with Crippen LogP contribution in [-0.2, 0) is 16.0 Å². The van der Waals surface area contributed by atoms with Crippen LogP contribution in [0.4, 0.5) is 15.8 Å². The van der Waals surface area contributed by atoms with Gasteiger partial charge in [-0.15, -0.1) is 12.4 Å². The summed E-state index contributed by atoms with van der Waals surface area (Å²) < 4.78 is 14.1. The van der Waals surface area contributed by atoms with Crippen LogP contribution in [0.5, 0.6) is 0 Å². The number of hydrogen-bond acceptors (Lipinski definition) is 3. The molecule has 0 spiro atoms. The van der Waals surface area contributed by atoms with E-state index in [9.17, 15) is 14.0 Å². The Bertz CT molecular complexity index is 817. The maximum absolute atomic E-state index is 14.1. The topological polar surface area (TPSA) is 84.2 Å². The Morgan fingerprint density at radius 1 is 1.07 bits per heavy atom. The van der Waals surface area contributed by atoms with E-state index >= 15 is 0 Å². The second-order valence-electron chi connectivity index (χ2n) is 6.93. The summed E-state index contributed by atoms with van der Waals surface area (Å²) in [6, 6.07) is 13.4. The predicted octanol–water partition coefficient (Wildman–Crippen LogP) is 3.74. The molecule has 0 heterocycles. The highest BCUT2D eigenvalue weighted by molar-refractivity contribution is 5.96. The number of nitrogens with one attached hydrogen (secondary N) is 2. The first-order valence-electron chi connectivity index (χ1n) is 9.21. The molecule has 0 radical (unpaired) electrons. The molecule has 28 heavy (non-hydrogen) atoms. The van der Waals surface area contributed by atoms with E-state index in [-0.39, 0.29) is 48.2 Å². The van der Waals surface area contributed by atoms with Crippen molar-refractivity contribution in [1.29, 1.82) is 0 Å². The van der Waals surface area contributed by atoms with Crippen molar-refractivity contribution in [2.24, 2.45) is 17.6 Å². The third kappa shape index (κ3) is 5.53. The number of nitrogens with two attached hydrogens (primary N) is 1. The SMILES string of the molecule is Cl.NC[C@H]1CCC[C@H]1C(=O)Nc1ccc(F)c(NC(=O)Cc2ccccc2)c1. The minimum Gasteiger partial charge on any atom is -0.330 e. The maximum Gasteiger partial charge on any atom is 0.228 e. The molecule has 7 heteroatoms. The van der Waals surface area contributed by atoms with Crippen molar-refractivity contribution >= 4 is 35.6 Å². The van der Waals surface area contributed by atoms with Gasteiger partial charge in [0, 0.05) is 11.6 Å². The predicted molar refractivity (Wildman–Crippen MR) is 111 cm³/mol. The van der Waals surface area contributed by atoms with E-state index in [0.29, 0.717) is 12.2 Å². The Kier molecular flexibility index (Phi) is 7.96.